The fraction of sp³-hybridized carbons (Fsp3) is 0.368. The summed E-state index contributed by atoms with van der Waals surface area (Å²) in [7, 11) is -2.09. The summed E-state index contributed by atoms with van der Waals surface area (Å²) in [5, 5.41) is 0. The Kier molecular flexibility index (Phi) is 5.38. The number of hydrogen-bond acceptors (Lipinski definition) is 5. The highest BCUT2D eigenvalue weighted by Crippen LogP contribution is 2.27. The molecular formula is C19H24N2O4S. The van der Waals surface area contributed by atoms with Gasteiger partial charge in [-0.2, -0.15) is 0 Å². The van der Waals surface area contributed by atoms with E-state index in [9.17, 15) is 8.42 Å². The molecule has 1 N–H and O–H groups in total. The van der Waals surface area contributed by atoms with Crippen LogP contribution in [0.5, 0.6) is 5.75 Å². The molecule has 26 heavy (non-hydrogen) atoms. The number of anilines is 2. The van der Waals surface area contributed by atoms with Crippen molar-refractivity contribution in [2.75, 3.05) is 43.0 Å². The Balaban J connectivity index is 1.80. The number of morpholine rings is 1. The molecule has 2 aromatic rings. The van der Waals surface area contributed by atoms with Crippen LogP contribution >= 0.6 is 0 Å². The molecule has 0 unspecified atom stereocenters. The second-order valence-electron chi connectivity index (χ2n) is 6.34. The van der Waals surface area contributed by atoms with Crippen molar-refractivity contribution in [2.45, 2.75) is 18.7 Å². The van der Waals surface area contributed by atoms with E-state index < -0.39 is 10.0 Å². The number of aryl methyl sites for hydroxylation is 2. The molecule has 1 aliphatic heterocycles. The Morgan fingerprint density at radius 2 is 1.69 bits per heavy atom. The third kappa shape index (κ3) is 3.94. The van der Waals surface area contributed by atoms with Crippen LogP contribution in [0.15, 0.2) is 41.3 Å². The van der Waals surface area contributed by atoms with Gasteiger partial charge in [-0.3, -0.25) is 4.72 Å². The molecule has 1 saturated heterocycles. The van der Waals surface area contributed by atoms with Crippen molar-refractivity contribution < 1.29 is 17.9 Å². The SMILES string of the molecule is COc1cc(C)c(S(=O)(=O)Nc2ccc(N3CCOCC3)cc2)cc1C. The van der Waals surface area contributed by atoms with Gasteiger partial charge in [0, 0.05) is 24.5 Å². The summed E-state index contributed by atoms with van der Waals surface area (Å²) in [5.41, 5.74) is 3.02. The normalized spacial score (nSPS) is 15.0. The molecule has 6 nitrogen and oxygen atoms in total. The van der Waals surface area contributed by atoms with Crippen molar-refractivity contribution in [3.05, 3.63) is 47.5 Å². The first-order valence-electron chi connectivity index (χ1n) is 8.51. The number of benzene rings is 2. The Morgan fingerprint density at radius 1 is 1.04 bits per heavy atom. The Bertz CT molecular complexity index is 873. The lowest BCUT2D eigenvalue weighted by Gasteiger charge is -2.28. The van der Waals surface area contributed by atoms with Gasteiger partial charge >= 0.3 is 0 Å². The van der Waals surface area contributed by atoms with Crippen LogP contribution in [0.3, 0.4) is 0 Å². The van der Waals surface area contributed by atoms with Crippen LogP contribution in [-0.2, 0) is 14.8 Å². The van der Waals surface area contributed by atoms with Gasteiger partial charge in [0.1, 0.15) is 5.75 Å². The predicted octanol–water partition coefficient (Wildman–Crippen LogP) is 2.95. The number of hydrogen-bond donors (Lipinski definition) is 1. The van der Waals surface area contributed by atoms with Gasteiger partial charge in [-0.05, 0) is 61.4 Å². The predicted molar refractivity (Wildman–Crippen MR) is 103 cm³/mol. The molecule has 1 heterocycles. The highest BCUT2D eigenvalue weighted by atomic mass is 32.2. The zero-order valence-electron chi connectivity index (χ0n) is 15.3. The summed E-state index contributed by atoms with van der Waals surface area (Å²) in [4.78, 5) is 2.48. The maximum absolute atomic E-state index is 12.8. The molecule has 0 aromatic heterocycles. The monoisotopic (exact) mass is 376 g/mol. The topological polar surface area (TPSA) is 67.9 Å². The summed E-state index contributed by atoms with van der Waals surface area (Å²) in [6.45, 7) is 6.70. The number of sulfonamides is 1. The van der Waals surface area contributed by atoms with Gasteiger partial charge in [0.25, 0.3) is 10.0 Å². The van der Waals surface area contributed by atoms with Crippen molar-refractivity contribution in [1.29, 1.82) is 0 Å². The van der Waals surface area contributed by atoms with Gasteiger partial charge in [0.05, 0.1) is 25.2 Å². The van der Waals surface area contributed by atoms with E-state index in [4.69, 9.17) is 9.47 Å². The van der Waals surface area contributed by atoms with E-state index in [0.29, 0.717) is 30.2 Å². The Hall–Kier alpha value is -2.25. The molecule has 1 fully saturated rings. The molecule has 7 heteroatoms. The summed E-state index contributed by atoms with van der Waals surface area (Å²) in [6, 6.07) is 10.8. The average Bonchev–Trinajstić information content (AvgIpc) is 2.64. The first kappa shape index (κ1) is 18.5. The number of nitrogens with one attached hydrogen (secondary N) is 1. The fourth-order valence-corrected chi connectivity index (χ4v) is 4.42. The Labute approximate surface area is 154 Å². The summed E-state index contributed by atoms with van der Waals surface area (Å²) < 4.78 is 38.8. The maximum Gasteiger partial charge on any atom is 0.262 e. The second-order valence-corrected chi connectivity index (χ2v) is 7.99. The molecule has 2 aromatic carbocycles. The van der Waals surface area contributed by atoms with E-state index in [0.717, 1.165) is 24.3 Å². The van der Waals surface area contributed by atoms with Gasteiger partial charge in [-0.1, -0.05) is 0 Å². The molecule has 1 aliphatic rings. The zero-order chi connectivity index (χ0) is 18.7. The number of rotatable bonds is 5. The second kappa shape index (κ2) is 7.55. The van der Waals surface area contributed by atoms with E-state index >= 15 is 0 Å². The number of nitrogens with zero attached hydrogens (tertiary/aromatic N) is 1. The van der Waals surface area contributed by atoms with E-state index in [2.05, 4.69) is 9.62 Å². The van der Waals surface area contributed by atoms with Crippen LogP contribution in [-0.4, -0.2) is 41.8 Å². The molecule has 3 rings (SSSR count). The van der Waals surface area contributed by atoms with Crippen LogP contribution in [0.25, 0.3) is 0 Å². The van der Waals surface area contributed by atoms with Crippen LogP contribution in [0.2, 0.25) is 0 Å². The van der Waals surface area contributed by atoms with Crippen molar-refractivity contribution in [1.82, 2.24) is 0 Å². The van der Waals surface area contributed by atoms with E-state index in [1.54, 1.807) is 38.3 Å². The van der Waals surface area contributed by atoms with Crippen LogP contribution in [0.1, 0.15) is 11.1 Å². The lowest BCUT2D eigenvalue weighted by molar-refractivity contribution is 0.122. The standard InChI is InChI=1S/C19H24N2O4S/c1-14-13-19(15(2)12-18(14)24-3)26(22,23)20-16-4-6-17(7-5-16)21-8-10-25-11-9-21/h4-7,12-13,20H,8-11H2,1-3H3. The molecule has 0 saturated carbocycles. The third-order valence-corrected chi connectivity index (χ3v) is 6.00. The van der Waals surface area contributed by atoms with E-state index in [-0.39, 0.29) is 4.90 Å². The van der Waals surface area contributed by atoms with Crippen LogP contribution in [0, 0.1) is 13.8 Å². The number of ether oxygens (including phenoxy) is 2. The van der Waals surface area contributed by atoms with Gasteiger partial charge in [0.2, 0.25) is 0 Å². The van der Waals surface area contributed by atoms with Crippen molar-refractivity contribution in [2.24, 2.45) is 0 Å². The summed E-state index contributed by atoms with van der Waals surface area (Å²) in [6.07, 6.45) is 0. The van der Waals surface area contributed by atoms with Gasteiger partial charge in [-0.15, -0.1) is 0 Å². The van der Waals surface area contributed by atoms with E-state index in [1.807, 2.05) is 19.1 Å². The first-order valence-corrected chi connectivity index (χ1v) is 10.00. The zero-order valence-corrected chi connectivity index (χ0v) is 16.1. The Morgan fingerprint density at radius 3 is 2.31 bits per heavy atom. The minimum Gasteiger partial charge on any atom is -0.496 e. The number of methoxy groups -OCH3 is 1. The van der Waals surface area contributed by atoms with Crippen molar-refractivity contribution in [3.63, 3.8) is 0 Å². The smallest absolute Gasteiger partial charge is 0.262 e. The highest BCUT2D eigenvalue weighted by Gasteiger charge is 2.19. The quantitative estimate of drug-likeness (QED) is 0.869. The summed E-state index contributed by atoms with van der Waals surface area (Å²) in [5.74, 6) is 0.677. The van der Waals surface area contributed by atoms with Gasteiger partial charge in [-0.25, -0.2) is 8.42 Å². The van der Waals surface area contributed by atoms with Crippen LogP contribution < -0.4 is 14.4 Å². The minimum atomic E-state index is -3.67. The van der Waals surface area contributed by atoms with Gasteiger partial charge < -0.3 is 14.4 Å². The molecule has 0 amide bonds. The molecule has 140 valence electrons. The first-order chi connectivity index (χ1) is 12.4. The lowest BCUT2D eigenvalue weighted by atomic mass is 10.1. The molecular weight excluding hydrogens is 352 g/mol. The molecule has 0 spiro atoms. The highest BCUT2D eigenvalue weighted by molar-refractivity contribution is 7.92. The van der Waals surface area contributed by atoms with Crippen molar-refractivity contribution in [3.8, 4) is 5.75 Å². The fourth-order valence-electron chi connectivity index (χ4n) is 3.04. The molecule has 0 radical (unpaired) electrons. The van der Waals surface area contributed by atoms with Gasteiger partial charge in [0.15, 0.2) is 0 Å². The van der Waals surface area contributed by atoms with Crippen molar-refractivity contribution >= 4 is 21.4 Å². The maximum atomic E-state index is 12.8. The molecule has 0 bridgehead atoms. The van der Waals surface area contributed by atoms with E-state index in [1.165, 1.54) is 0 Å². The van der Waals surface area contributed by atoms with Crippen LogP contribution in [0.4, 0.5) is 11.4 Å². The average molecular weight is 376 g/mol. The minimum absolute atomic E-state index is 0.257. The largest absolute Gasteiger partial charge is 0.496 e. The lowest BCUT2D eigenvalue weighted by Crippen LogP contribution is -2.36. The summed E-state index contributed by atoms with van der Waals surface area (Å²) >= 11 is 0. The third-order valence-electron chi connectivity index (χ3n) is 4.48. The molecule has 0 aliphatic carbocycles. The molecule has 0 atom stereocenters.